The zero-order chi connectivity index (χ0) is 12.3. The number of amides is 1. The molecule has 0 spiro atoms. The van der Waals surface area contributed by atoms with E-state index >= 15 is 0 Å². The molecule has 4 heteroatoms. The smallest absolute Gasteiger partial charge is 0.407 e. The summed E-state index contributed by atoms with van der Waals surface area (Å²) in [6.45, 7) is 8.77. The Kier molecular flexibility index (Phi) is 3.82. The number of piperazine rings is 1. The van der Waals surface area contributed by atoms with Gasteiger partial charge in [-0.1, -0.05) is 26.7 Å². The van der Waals surface area contributed by atoms with Gasteiger partial charge in [0.1, 0.15) is 0 Å². The highest BCUT2D eigenvalue weighted by molar-refractivity contribution is 5.65. The van der Waals surface area contributed by atoms with Crippen LogP contribution < -0.4 is 0 Å². The van der Waals surface area contributed by atoms with Crippen LogP contribution in [0.15, 0.2) is 0 Å². The minimum absolute atomic E-state index is 0.00657. The Morgan fingerprint density at radius 2 is 2.12 bits per heavy atom. The normalized spacial score (nSPS) is 22.9. The topological polar surface area (TPSA) is 43.8 Å². The van der Waals surface area contributed by atoms with Gasteiger partial charge in [0, 0.05) is 19.6 Å². The fraction of sp³-hybridized carbons (Fsp3) is 0.750. The summed E-state index contributed by atoms with van der Waals surface area (Å²) in [7, 11) is 0. The average molecular weight is 224 g/mol. The zero-order valence-corrected chi connectivity index (χ0v) is 10.2. The lowest BCUT2D eigenvalue weighted by atomic mass is 9.84. The number of hydrogen-bond donors (Lipinski definition) is 1. The molecule has 1 N–H and O–H groups in total. The molecule has 90 valence electrons. The highest BCUT2D eigenvalue weighted by Gasteiger charge is 2.37. The fourth-order valence-electron chi connectivity index (χ4n) is 2.08. The van der Waals surface area contributed by atoms with E-state index in [1.165, 1.54) is 4.90 Å². The second kappa shape index (κ2) is 4.75. The first-order valence-electron chi connectivity index (χ1n) is 5.51. The maximum absolute atomic E-state index is 11.1. The Morgan fingerprint density at radius 3 is 2.56 bits per heavy atom. The first kappa shape index (κ1) is 12.9. The monoisotopic (exact) mass is 224 g/mol. The van der Waals surface area contributed by atoms with E-state index in [1.807, 2.05) is 0 Å². The van der Waals surface area contributed by atoms with Crippen molar-refractivity contribution < 1.29 is 9.90 Å². The molecule has 0 aliphatic carbocycles. The van der Waals surface area contributed by atoms with Crippen molar-refractivity contribution in [3.63, 3.8) is 0 Å². The van der Waals surface area contributed by atoms with Crippen molar-refractivity contribution in [3.8, 4) is 12.3 Å². The maximum atomic E-state index is 11.1. The highest BCUT2D eigenvalue weighted by Crippen LogP contribution is 2.27. The lowest BCUT2D eigenvalue weighted by molar-refractivity contribution is 0.0263. The number of carbonyl (C=O) groups is 1. The van der Waals surface area contributed by atoms with E-state index in [-0.39, 0.29) is 11.5 Å². The van der Waals surface area contributed by atoms with Crippen LogP contribution in [0.4, 0.5) is 4.79 Å². The van der Waals surface area contributed by atoms with Gasteiger partial charge in [-0.3, -0.25) is 4.90 Å². The van der Waals surface area contributed by atoms with Gasteiger partial charge in [0.25, 0.3) is 0 Å². The molecule has 0 bridgehead atoms. The quantitative estimate of drug-likeness (QED) is 0.683. The third kappa shape index (κ3) is 2.89. The van der Waals surface area contributed by atoms with Crippen LogP contribution in [-0.2, 0) is 0 Å². The molecule has 1 fully saturated rings. The third-order valence-electron chi connectivity index (χ3n) is 3.02. The largest absolute Gasteiger partial charge is 0.465 e. The predicted octanol–water partition coefficient (Wildman–Crippen LogP) is 1.33. The molecule has 1 heterocycles. The Hall–Kier alpha value is -1.21. The van der Waals surface area contributed by atoms with Crippen LogP contribution in [0, 0.1) is 17.8 Å². The molecule has 1 aliphatic heterocycles. The van der Waals surface area contributed by atoms with E-state index in [4.69, 9.17) is 11.5 Å². The van der Waals surface area contributed by atoms with Gasteiger partial charge in [0.15, 0.2) is 0 Å². The lowest BCUT2D eigenvalue weighted by Crippen LogP contribution is -2.59. The minimum atomic E-state index is -0.833. The molecule has 0 aromatic heterocycles. The number of nitrogens with zero attached hydrogens (tertiary/aromatic N) is 2. The Balaban J connectivity index is 2.78. The Labute approximate surface area is 97.2 Å². The van der Waals surface area contributed by atoms with E-state index in [2.05, 4.69) is 31.6 Å². The molecular weight excluding hydrogens is 204 g/mol. The molecule has 1 rings (SSSR count). The fourth-order valence-corrected chi connectivity index (χ4v) is 2.08. The third-order valence-corrected chi connectivity index (χ3v) is 3.02. The Morgan fingerprint density at radius 1 is 1.50 bits per heavy atom. The predicted molar refractivity (Wildman–Crippen MR) is 63.2 cm³/mol. The van der Waals surface area contributed by atoms with Crippen molar-refractivity contribution in [2.45, 2.75) is 26.8 Å². The van der Waals surface area contributed by atoms with Gasteiger partial charge < -0.3 is 10.0 Å². The lowest BCUT2D eigenvalue weighted by Gasteiger charge is -2.45. The van der Waals surface area contributed by atoms with Crippen LogP contribution in [0.5, 0.6) is 0 Å². The van der Waals surface area contributed by atoms with Gasteiger partial charge in [-0.15, -0.1) is 6.42 Å². The van der Waals surface area contributed by atoms with Gasteiger partial charge >= 0.3 is 6.09 Å². The van der Waals surface area contributed by atoms with Crippen LogP contribution in [0.25, 0.3) is 0 Å². The van der Waals surface area contributed by atoms with Crippen LogP contribution in [0.1, 0.15) is 20.8 Å². The molecule has 1 aliphatic rings. The summed E-state index contributed by atoms with van der Waals surface area (Å²) >= 11 is 0. The van der Waals surface area contributed by atoms with Crippen LogP contribution in [0.2, 0.25) is 0 Å². The minimum Gasteiger partial charge on any atom is -0.465 e. The van der Waals surface area contributed by atoms with Crippen molar-refractivity contribution in [2.75, 3.05) is 26.2 Å². The zero-order valence-electron chi connectivity index (χ0n) is 10.2. The van der Waals surface area contributed by atoms with Crippen molar-refractivity contribution in [1.29, 1.82) is 0 Å². The van der Waals surface area contributed by atoms with E-state index in [0.29, 0.717) is 13.1 Å². The summed E-state index contributed by atoms with van der Waals surface area (Å²) in [5.41, 5.74) is -0.0638. The van der Waals surface area contributed by atoms with Crippen LogP contribution in [0.3, 0.4) is 0 Å². The molecule has 1 unspecified atom stereocenters. The van der Waals surface area contributed by atoms with Crippen LogP contribution in [-0.4, -0.2) is 53.2 Å². The van der Waals surface area contributed by atoms with Crippen molar-refractivity contribution in [1.82, 2.24) is 9.80 Å². The second-order valence-corrected chi connectivity index (χ2v) is 5.30. The summed E-state index contributed by atoms with van der Waals surface area (Å²) in [5.74, 6) is 2.61. The first-order valence-corrected chi connectivity index (χ1v) is 5.51. The number of terminal acetylenes is 1. The highest BCUT2D eigenvalue weighted by atomic mass is 16.4. The molecule has 16 heavy (non-hydrogen) atoms. The molecule has 1 atom stereocenters. The summed E-state index contributed by atoms with van der Waals surface area (Å²) in [5, 5.41) is 9.16. The Bertz CT molecular complexity index is 301. The average Bonchev–Trinajstić information content (AvgIpc) is 2.16. The molecule has 1 amide bonds. The maximum Gasteiger partial charge on any atom is 0.407 e. The molecule has 0 aromatic carbocycles. The second-order valence-electron chi connectivity index (χ2n) is 5.30. The van der Waals surface area contributed by atoms with Crippen molar-refractivity contribution in [3.05, 3.63) is 0 Å². The molecular formula is C12H20N2O2. The van der Waals surface area contributed by atoms with E-state index in [9.17, 15) is 4.79 Å². The van der Waals surface area contributed by atoms with Gasteiger partial charge in [-0.25, -0.2) is 4.79 Å². The molecule has 0 aromatic rings. The molecule has 0 saturated carbocycles. The van der Waals surface area contributed by atoms with E-state index in [1.54, 1.807) is 0 Å². The number of carboxylic acid groups (broad SMARTS) is 1. The van der Waals surface area contributed by atoms with E-state index < -0.39 is 6.09 Å². The first-order chi connectivity index (χ1) is 7.36. The van der Waals surface area contributed by atoms with E-state index in [0.717, 1.165) is 13.1 Å². The molecule has 1 saturated heterocycles. The van der Waals surface area contributed by atoms with Gasteiger partial charge in [-0.05, 0) is 5.41 Å². The van der Waals surface area contributed by atoms with Gasteiger partial charge in [-0.2, -0.15) is 0 Å². The number of rotatable bonds is 1. The molecule has 4 nitrogen and oxygen atoms in total. The van der Waals surface area contributed by atoms with Crippen molar-refractivity contribution in [2.24, 2.45) is 5.41 Å². The van der Waals surface area contributed by atoms with Crippen LogP contribution >= 0.6 is 0 Å². The van der Waals surface area contributed by atoms with Crippen molar-refractivity contribution >= 4 is 6.09 Å². The number of hydrogen-bond acceptors (Lipinski definition) is 2. The summed E-state index contributed by atoms with van der Waals surface area (Å²) < 4.78 is 0. The summed E-state index contributed by atoms with van der Waals surface area (Å²) in [4.78, 5) is 14.8. The standard InChI is InChI=1S/C12H20N2O2/c1-5-6-13-7-8-14(11(15)16)10(9-13)12(2,3)4/h1,10H,6-9H2,2-4H3,(H,15,16). The molecule has 0 radical (unpaired) electrons. The van der Waals surface area contributed by atoms with Gasteiger partial charge in [0.2, 0.25) is 0 Å². The summed E-state index contributed by atoms with van der Waals surface area (Å²) in [6, 6.07) is 0.00657. The van der Waals surface area contributed by atoms with Gasteiger partial charge in [0.05, 0.1) is 12.6 Å². The summed E-state index contributed by atoms with van der Waals surface area (Å²) in [6.07, 6.45) is 4.45. The SMILES string of the molecule is C#CCN1CCN(C(=O)O)C(C(C)(C)C)C1.